The number of amides is 1. The van der Waals surface area contributed by atoms with Crippen molar-refractivity contribution in [2.45, 2.75) is 39.3 Å². The molecule has 0 unspecified atom stereocenters. The van der Waals surface area contributed by atoms with E-state index in [0.29, 0.717) is 13.1 Å². The number of ether oxygens (including phenoxy) is 2. The molecule has 0 atom stereocenters. The maximum atomic E-state index is 12.6. The maximum Gasteiger partial charge on any atom is 0.410 e. The number of fused-ring (bicyclic) bond motifs is 3. The number of nitrogens with zero attached hydrogens (tertiary/aromatic N) is 5. The number of thiophene rings is 1. The molecule has 1 saturated heterocycles. The van der Waals surface area contributed by atoms with Crippen LogP contribution in [0.25, 0.3) is 10.2 Å². The highest BCUT2D eigenvalue weighted by molar-refractivity contribution is 7.19. The lowest BCUT2D eigenvalue weighted by Crippen LogP contribution is -2.47. The molecule has 2 aromatic heterocycles. The maximum absolute atomic E-state index is 12.6. The van der Waals surface area contributed by atoms with Crippen LogP contribution in [0.4, 0.5) is 16.3 Å². The second kappa shape index (κ2) is 8.94. The molecule has 0 N–H and O–H groups in total. The Labute approximate surface area is 204 Å². The highest BCUT2D eigenvalue weighted by Crippen LogP contribution is 2.39. The minimum Gasteiger partial charge on any atom is -0.497 e. The summed E-state index contributed by atoms with van der Waals surface area (Å²) in [6.45, 7) is 10.6. The van der Waals surface area contributed by atoms with Crippen LogP contribution in [-0.4, -0.2) is 66.4 Å². The third-order valence-corrected chi connectivity index (χ3v) is 7.41. The Hall–Kier alpha value is -3.07. The number of carbonyl (C=O) groups excluding carboxylic acids is 1. The standard InChI is InChI=1S/C25H31N5O3S/c1-25(2,3)33-24(31)30-10-9-19-20(15-30)34-23-21(19)22(26-16-27-23)29-13-11-28(12-14-29)17-5-7-18(32-4)8-6-17/h5-8,16H,9-15H2,1-4H3. The molecule has 0 bridgehead atoms. The van der Waals surface area contributed by atoms with Gasteiger partial charge < -0.3 is 24.2 Å². The summed E-state index contributed by atoms with van der Waals surface area (Å²) in [6.07, 6.45) is 2.21. The molecule has 5 rings (SSSR count). The zero-order chi connectivity index (χ0) is 23.9. The van der Waals surface area contributed by atoms with Crippen molar-refractivity contribution in [3.05, 3.63) is 41.0 Å². The van der Waals surface area contributed by atoms with Crippen molar-refractivity contribution in [2.75, 3.05) is 49.6 Å². The van der Waals surface area contributed by atoms with Gasteiger partial charge in [0.05, 0.1) is 19.0 Å². The topological polar surface area (TPSA) is 71.0 Å². The lowest BCUT2D eigenvalue weighted by atomic mass is 10.0. The largest absolute Gasteiger partial charge is 0.497 e. The Morgan fingerprint density at radius 2 is 1.71 bits per heavy atom. The Bertz CT molecular complexity index is 1180. The first-order valence-electron chi connectivity index (χ1n) is 11.7. The Morgan fingerprint density at radius 1 is 1.00 bits per heavy atom. The van der Waals surface area contributed by atoms with Gasteiger partial charge in [0.25, 0.3) is 0 Å². The third kappa shape index (κ3) is 4.49. The number of hydrogen-bond acceptors (Lipinski definition) is 8. The predicted octanol–water partition coefficient (Wildman–Crippen LogP) is 4.32. The van der Waals surface area contributed by atoms with Crippen molar-refractivity contribution in [1.29, 1.82) is 0 Å². The Kier molecular flexibility index (Phi) is 5.97. The number of methoxy groups -OCH3 is 1. The van der Waals surface area contributed by atoms with E-state index in [0.717, 1.165) is 54.4 Å². The normalized spacial score (nSPS) is 16.5. The van der Waals surface area contributed by atoms with E-state index in [1.165, 1.54) is 16.1 Å². The van der Waals surface area contributed by atoms with Crippen molar-refractivity contribution in [3.8, 4) is 5.75 Å². The fraction of sp³-hybridized carbons (Fsp3) is 0.480. The van der Waals surface area contributed by atoms with E-state index in [1.54, 1.807) is 29.7 Å². The number of rotatable bonds is 3. The van der Waals surface area contributed by atoms with Crippen LogP contribution < -0.4 is 14.5 Å². The van der Waals surface area contributed by atoms with Crippen LogP contribution in [0.1, 0.15) is 31.2 Å². The molecular formula is C25H31N5O3S. The molecule has 2 aliphatic rings. The summed E-state index contributed by atoms with van der Waals surface area (Å²) in [5.41, 5.74) is 2.00. The SMILES string of the molecule is COc1ccc(N2CCN(c3ncnc4sc5c(c34)CCN(C(=O)OC(C)(C)C)C5)CC2)cc1. The summed E-state index contributed by atoms with van der Waals surface area (Å²) in [4.78, 5) is 30.6. The van der Waals surface area contributed by atoms with Crippen LogP contribution in [0.5, 0.6) is 5.75 Å². The first-order chi connectivity index (χ1) is 16.3. The summed E-state index contributed by atoms with van der Waals surface area (Å²) in [6, 6.07) is 8.24. The molecule has 1 fully saturated rings. The molecule has 9 heteroatoms. The van der Waals surface area contributed by atoms with Gasteiger partial charge in [-0.05, 0) is 57.0 Å². The molecule has 0 saturated carbocycles. The van der Waals surface area contributed by atoms with E-state index in [1.807, 2.05) is 32.9 Å². The van der Waals surface area contributed by atoms with Crippen LogP contribution in [0.2, 0.25) is 0 Å². The Morgan fingerprint density at radius 3 is 2.38 bits per heavy atom. The van der Waals surface area contributed by atoms with Crippen molar-refractivity contribution in [2.24, 2.45) is 0 Å². The first kappa shape index (κ1) is 22.7. The number of benzene rings is 1. The minimum absolute atomic E-state index is 0.253. The second-order valence-electron chi connectivity index (χ2n) is 9.71. The molecule has 1 aromatic carbocycles. The summed E-state index contributed by atoms with van der Waals surface area (Å²) in [7, 11) is 1.69. The fourth-order valence-corrected chi connectivity index (χ4v) is 5.80. The van der Waals surface area contributed by atoms with Crippen LogP contribution in [0, 0.1) is 0 Å². The Balaban J connectivity index is 1.33. The fourth-order valence-electron chi connectivity index (χ4n) is 4.60. The van der Waals surface area contributed by atoms with Gasteiger partial charge in [0.15, 0.2) is 0 Å². The van der Waals surface area contributed by atoms with Crippen LogP contribution in [0.3, 0.4) is 0 Å². The van der Waals surface area contributed by atoms with E-state index in [-0.39, 0.29) is 6.09 Å². The number of anilines is 2. The van der Waals surface area contributed by atoms with Gasteiger partial charge in [0.1, 0.15) is 28.3 Å². The number of carbonyl (C=O) groups is 1. The van der Waals surface area contributed by atoms with E-state index < -0.39 is 5.60 Å². The van der Waals surface area contributed by atoms with E-state index in [9.17, 15) is 4.79 Å². The molecule has 4 heterocycles. The van der Waals surface area contributed by atoms with Crippen LogP contribution >= 0.6 is 11.3 Å². The molecule has 0 radical (unpaired) electrons. The number of hydrogen-bond donors (Lipinski definition) is 0. The monoisotopic (exact) mass is 481 g/mol. The minimum atomic E-state index is -0.496. The highest BCUT2D eigenvalue weighted by Gasteiger charge is 2.30. The van der Waals surface area contributed by atoms with Gasteiger partial charge >= 0.3 is 6.09 Å². The van der Waals surface area contributed by atoms with E-state index in [2.05, 4.69) is 26.9 Å². The van der Waals surface area contributed by atoms with Crippen LogP contribution in [-0.2, 0) is 17.7 Å². The average Bonchev–Trinajstić information content (AvgIpc) is 3.21. The van der Waals surface area contributed by atoms with Gasteiger partial charge in [-0.25, -0.2) is 14.8 Å². The summed E-state index contributed by atoms with van der Waals surface area (Å²) < 4.78 is 10.9. The molecular weight excluding hydrogens is 450 g/mol. The van der Waals surface area contributed by atoms with Crippen molar-refractivity contribution >= 4 is 39.2 Å². The van der Waals surface area contributed by atoms with Gasteiger partial charge in [0, 0.05) is 43.3 Å². The van der Waals surface area contributed by atoms with Gasteiger partial charge in [-0.2, -0.15) is 0 Å². The van der Waals surface area contributed by atoms with Gasteiger partial charge in [0.2, 0.25) is 0 Å². The first-order valence-corrected chi connectivity index (χ1v) is 12.5. The zero-order valence-corrected chi connectivity index (χ0v) is 21.0. The predicted molar refractivity (Wildman–Crippen MR) is 135 cm³/mol. The van der Waals surface area contributed by atoms with Crippen LogP contribution in [0.15, 0.2) is 30.6 Å². The third-order valence-electron chi connectivity index (χ3n) is 6.29. The molecule has 3 aromatic rings. The number of aromatic nitrogens is 2. The van der Waals surface area contributed by atoms with Gasteiger partial charge in [-0.3, -0.25) is 0 Å². The summed E-state index contributed by atoms with van der Waals surface area (Å²) >= 11 is 1.67. The number of piperazine rings is 1. The molecule has 1 amide bonds. The molecule has 2 aliphatic heterocycles. The smallest absolute Gasteiger partial charge is 0.410 e. The molecule has 180 valence electrons. The average molecular weight is 482 g/mol. The lowest BCUT2D eigenvalue weighted by molar-refractivity contribution is 0.0227. The van der Waals surface area contributed by atoms with E-state index in [4.69, 9.17) is 14.5 Å². The highest BCUT2D eigenvalue weighted by atomic mass is 32.1. The second-order valence-corrected chi connectivity index (χ2v) is 10.8. The molecule has 8 nitrogen and oxygen atoms in total. The zero-order valence-electron chi connectivity index (χ0n) is 20.2. The molecule has 0 spiro atoms. The molecule has 0 aliphatic carbocycles. The van der Waals surface area contributed by atoms with Gasteiger partial charge in [-0.15, -0.1) is 11.3 Å². The quantitative estimate of drug-likeness (QED) is 0.552. The van der Waals surface area contributed by atoms with Crippen molar-refractivity contribution in [3.63, 3.8) is 0 Å². The van der Waals surface area contributed by atoms with E-state index >= 15 is 0 Å². The lowest BCUT2D eigenvalue weighted by Gasteiger charge is -2.37. The van der Waals surface area contributed by atoms with Crippen molar-refractivity contribution in [1.82, 2.24) is 14.9 Å². The molecule has 34 heavy (non-hydrogen) atoms. The van der Waals surface area contributed by atoms with Gasteiger partial charge in [-0.1, -0.05) is 0 Å². The summed E-state index contributed by atoms with van der Waals surface area (Å²) in [5.74, 6) is 1.89. The summed E-state index contributed by atoms with van der Waals surface area (Å²) in [5, 5.41) is 1.16. The van der Waals surface area contributed by atoms with Crippen molar-refractivity contribution < 1.29 is 14.3 Å².